The fourth-order valence-corrected chi connectivity index (χ4v) is 0.679. The van der Waals surface area contributed by atoms with Crippen molar-refractivity contribution in [1.82, 2.24) is 4.90 Å². The maximum absolute atomic E-state index is 5.35. The molecule has 0 saturated carbocycles. The predicted octanol–water partition coefficient (Wildman–Crippen LogP) is 0.976. The minimum absolute atomic E-state index is 0.314. The molecule has 0 bridgehead atoms. The van der Waals surface area contributed by atoms with Crippen molar-refractivity contribution in [3.63, 3.8) is 0 Å². The number of rotatable bonds is 5. The third-order valence-corrected chi connectivity index (χ3v) is 1.29. The lowest BCUT2D eigenvalue weighted by molar-refractivity contribution is 0.0660. The van der Waals surface area contributed by atoms with Crippen LogP contribution in [-0.2, 0) is 4.74 Å². The van der Waals surface area contributed by atoms with Crippen LogP contribution in [-0.4, -0.2) is 37.7 Å². The van der Waals surface area contributed by atoms with E-state index in [4.69, 9.17) is 11.2 Å². The maximum Gasteiger partial charge on any atom is 0.0597 e. The molecule has 0 N–H and O–H groups in total. The van der Waals surface area contributed by atoms with Crippen LogP contribution >= 0.6 is 0 Å². The molecule has 0 aliphatic rings. The van der Waals surface area contributed by atoms with E-state index in [-0.39, 0.29) is 0 Å². The summed E-state index contributed by atoms with van der Waals surface area (Å²) in [6.07, 6.45) is 5.44. The highest BCUT2D eigenvalue weighted by Gasteiger charge is 1.96. The first-order valence-electron chi connectivity index (χ1n) is 3.90. The monoisotopic (exact) mass is 155 g/mol. The molecule has 0 aromatic carbocycles. The number of ether oxygens (including phenoxy) is 1. The highest BCUT2D eigenvalue weighted by Crippen LogP contribution is 1.88. The minimum atomic E-state index is 0.314. The van der Waals surface area contributed by atoms with Gasteiger partial charge < -0.3 is 4.74 Å². The fraction of sp³-hybridized carbons (Fsp3) is 0.778. The Kier molecular flexibility index (Phi) is 5.91. The second kappa shape index (κ2) is 6.21. The molecule has 0 aliphatic heterocycles. The lowest BCUT2D eigenvalue weighted by Gasteiger charge is -2.14. The molecular formula is C9H17NO. The summed E-state index contributed by atoms with van der Waals surface area (Å²) in [5.74, 6) is 2.58. The van der Waals surface area contributed by atoms with Gasteiger partial charge in [-0.25, -0.2) is 0 Å². The van der Waals surface area contributed by atoms with Gasteiger partial charge in [0.2, 0.25) is 0 Å². The molecule has 0 saturated heterocycles. The van der Waals surface area contributed by atoms with E-state index >= 15 is 0 Å². The van der Waals surface area contributed by atoms with Crippen molar-refractivity contribution >= 4 is 0 Å². The van der Waals surface area contributed by atoms with E-state index < -0.39 is 0 Å². The van der Waals surface area contributed by atoms with Crippen LogP contribution in [0.4, 0.5) is 0 Å². The number of hydrogen-bond acceptors (Lipinski definition) is 2. The standard InChI is InChI=1S/C9H17NO/c1-5-6-10(4)7-8-11-9(2)3/h1,9H,6-8H2,2-4H3. The molecule has 0 amide bonds. The SMILES string of the molecule is C#CCN(C)CCOC(C)C. The Labute approximate surface area is 69.5 Å². The topological polar surface area (TPSA) is 12.5 Å². The Bertz CT molecular complexity index is 126. The van der Waals surface area contributed by atoms with E-state index in [1.54, 1.807) is 0 Å². The first-order chi connectivity index (χ1) is 5.16. The number of terminal acetylenes is 1. The zero-order chi connectivity index (χ0) is 8.69. The van der Waals surface area contributed by atoms with E-state index in [0.717, 1.165) is 13.2 Å². The van der Waals surface area contributed by atoms with Crippen LogP contribution in [0.2, 0.25) is 0 Å². The van der Waals surface area contributed by atoms with E-state index in [1.165, 1.54) is 0 Å². The van der Waals surface area contributed by atoms with Crippen molar-refractivity contribution in [1.29, 1.82) is 0 Å². The van der Waals surface area contributed by atoms with Gasteiger partial charge in [0.25, 0.3) is 0 Å². The summed E-state index contributed by atoms with van der Waals surface area (Å²) in [4.78, 5) is 2.06. The van der Waals surface area contributed by atoms with E-state index in [2.05, 4.69) is 10.8 Å². The third kappa shape index (κ3) is 7.38. The Morgan fingerprint density at radius 2 is 2.18 bits per heavy atom. The molecule has 64 valence electrons. The summed E-state index contributed by atoms with van der Waals surface area (Å²) < 4.78 is 5.35. The largest absolute Gasteiger partial charge is 0.377 e. The van der Waals surface area contributed by atoms with Crippen molar-refractivity contribution in [2.24, 2.45) is 0 Å². The van der Waals surface area contributed by atoms with Gasteiger partial charge in [0.05, 0.1) is 19.3 Å². The van der Waals surface area contributed by atoms with Crippen LogP contribution in [0.25, 0.3) is 0 Å². The van der Waals surface area contributed by atoms with Crippen LogP contribution < -0.4 is 0 Å². The Hall–Kier alpha value is -0.520. The summed E-state index contributed by atoms with van der Waals surface area (Å²) in [5, 5.41) is 0. The maximum atomic E-state index is 5.35. The Morgan fingerprint density at radius 3 is 2.64 bits per heavy atom. The number of nitrogens with zero attached hydrogens (tertiary/aromatic N) is 1. The molecule has 0 radical (unpaired) electrons. The van der Waals surface area contributed by atoms with E-state index in [1.807, 2.05) is 20.9 Å². The lowest BCUT2D eigenvalue weighted by Crippen LogP contribution is -2.24. The van der Waals surface area contributed by atoms with Crippen LogP contribution in [0.15, 0.2) is 0 Å². The Balaban J connectivity index is 3.18. The van der Waals surface area contributed by atoms with Crippen molar-refractivity contribution in [2.45, 2.75) is 20.0 Å². The van der Waals surface area contributed by atoms with Crippen LogP contribution in [0.1, 0.15) is 13.8 Å². The van der Waals surface area contributed by atoms with Gasteiger partial charge in [-0.1, -0.05) is 5.92 Å². The molecular weight excluding hydrogens is 138 g/mol. The molecule has 0 rings (SSSR count). The first kappa shape index (κ1) is 10.5. The van der Waals surface area contributed by atoms with Gasteiger partial charge in [0.1, 0.15) is 0 Å². The van der Waals surface area contributed by atoms with Gasteiger partial charge in [0, 0.05) is 6.54 Å². The summed E-state index contributed by atoms with van der Waals surface area (Å²) in [6.45, 7) is 6.42. The fourth-order valence-electron chi connectivity index (χ4n) is 0.679. The average molecular weight is 155 g/mol. The molecule has 0 unspecified atom stereocenters. The second-order valence-corrected chi connectivity index (χ2v) is 2.86. The summed E-state index contributed by atoms with van der Waals surface area (Å²) >= 11 is 0. The molecule has 11 heavy (non-hydrogen) atoms. The van der Waals surface area contributed by atoms with Gasteiger partial charge in [-0.3, -0.25) is 4.90 Å². The molecule has 0 aliphatic carbocycles. The number of likely N-dealkylation sites (N-methyl/N-ethyl adjacent to an activating group) is 1. The summed E-state index contributed by atoms with van der Waals surface area (Å²) in [7, 11) is 1.99. The zero-order valence-corrected chi connectivity index (χ0v) is 7.63. The van der Waals surface area contributed by atoms with Gasteiger partial charge in [0.15, 0.2) is 0 Å². The van der Waals surface area contributed by atoms with Gasteiger partial charge in [-0.05, 0) is 20.9 Å². The lowest BCUT2D eigenvalue weighted by atomic mass is 10.5. The van der Waals surface area contributed by atoms with Crippen LogP contribution in [0.3, 0.4) is 0 Å². The smallest absolute Gasteiger partial charge is 0.0597 e. The second-order valence-electron chi connectivity index (χ2n) is 2.86. The van der Waals surface area contributed by atoms with Crippen molar-refractivity contribution in [3.8, 4) is 12.3 Å². The summed E-state index contributed by atoms with van der Waals surface area (Å²) in [6, 6.07) is 0. The molecule has 2 nitrogen and oxygen atoms in total. The molecule has 0 atom stereocenters. The van der Waals surface area contributed by atoms with Crippen molar-refractivity contribution < 1.29 is 4.74 Å². The normalized spacial score (nSPS) is 10.5. The molecule has 0 aromatic rings. The van der Waals surface area contributed by atoms with Crippen LogP contribution in [0.5, 0.6) is 0 Å². The highest BCUT2D eigenvalue weighted by atomic mass is 16.5. The molecule has 0 aromatic heterocycles. The zero-order valence-electron chi connectivity index (χ0n) is 7.63. The molecule has 2 heteroatoms. The number of hydrogen-bond donors (Lipinski definition) is 0. The van der Waals surface area contributed by atoms with Gasteiger partial charge in [-0.2, -0.15) is 0 Å². The van der Waals surface area contributed by atoms with E-state index in [0.29, 0.717) is 12.6 Å². The van der Waals surface area contributed by atoms with E-state index in [9.17, 15) is 0 Å². The molecule has 0 heterocycles. The Morgan fingerprint density at radius 1 is 1.55 bits per heavy atom. The molecule has 0 fully saturated rings. The summed E-state index contributed by atoms with van der Waals surface area (Å²) in [5.41, 5.74) is 0. The third-order valence-electron chi connectivity index (χ3n) is 1.29. The van der Waals surface area contributed by atoms with Crippen LogP contribution in [0, 0.1) is 12.3 Å². The first-order valence-corrected chi connectivity index (χ1v) is 3.90. The minimum Gasteiger partial charge on any atom is -0.377 e. The van der Waals surface area contributed by atoms with Crippen molar-refractivity contribution in [2.75, 3.05) is 26.7 Å². The van der Waals surface area contributed by atoms with Gasteiger partial charge >= 0.3 is 0 Å². The molecule has 0 spiro atoms. The highest BCUT2D eigenvalue weighted by molar-refractivity contribution is 4.86. The van der Waals surface area contributed by atoms with Crippen molar-refractivity contribution in [3.05, 3.63) is 0 Å². The predicted molar refractivity (Wildman–Crippen MR) is 47.4 cm³/mol. The van der Waals surface area contributed by atoms with Gasteiger partial charge in [-0.15, -0.1) is 6.42 Å². The average Bonchev–Trinajstić information content (AvgIpc) is 1.87. The quantitative estimate of drug-likeness (QED) is 0.549.